The first-order valence-corrected chi connectivity index (χ1v) is 14.0. The molecule has 0 aliphatic carbocycles. The number of aromatic nitrogens is 3. The summed E-state index contributed by atoms with van der Waals surface area (Å²) in [5.41, 5.74) is 5.87. The molecule has 0 radical (unpaired) electrons. The lowest BCUT2D eigenvalue weighted by Gasteiger charge is -2.30. The number of carboxylic acid groups (broad SMARTS) is 1. The van der Waals surface area contributed by atoms with Gasteiger partial charge in [0.15, 0.2) is 11.4 Å². The maximum atomic E-state index is 13.4. The first-order valence-electron chi connectivity index (χ1n) is 13.6. The molecular formula is C32H25ClN6O5. The maximum Gasteiger partial charge on any atom is 0.407 e. The van der Waals surface area contributed by atoms with Crippen LogP contribution in [0.4, 0.5) is 10.5 Å². The van der Waals surface area contributed by atoms with Crippen molar-refractivity contribution in [2.75, 3.05) is 5.32 Å². The highest BCUT2D eigenvalue weighted by atomic mass is 35.5. The van der Waals surface area contributed by atoms with E-state index in [4.69, 9.17) is 16.0 Å². The van der Waals surface area contributed by atoms with Crippen LogP contribution in [-0.2, 0) is 20.0 Å². The summed E-state index contributed by atoms with van der Waals surface area (Å²) in [6.45, 7) is 3.82. The van der Waals surface area contributed by atoms with E-state index in [1.165, 1.54) is 11.0 Å². The zero-order valence-electron chi connectivity index (χ0n) is 23.9. The lowest BCUT2D eigenvalue weighted by atomic mass is 9.96. The summed E-state index contributed by atoms with van der Waals surface area (Å²) < 4.78 is 7.69. The summed E-state index contributed by atoms with van der Waals surface area (Å²) in [6.07, 6.45) is 0.0715. The van der Waals surface area contributed by atoms with Crippen LogP contribution in [0.2, 0.25) is 5.02 Å². The molecule has 220 valence electrons. The highest BCUT2D eigenvalue weighted by Crippen LogP contribution is 2.39. The minimum Gasteiger partial charge on any atom is -0.465 e. The largest absolute Gasteiger partial charge is 0.465 e. The van der Waals surface area contributed by atoms with Gasteiger partial charge >= 0.3 is 6.09 Å². The quantitative estimate of drug-likeness (QED) is 0.223. The SMILES string of the molecule is Cc1c(-c2nc3cc(C=O)cc(C#N)c3o2)cccc1-c1cccc(NC(=O)c2nc3c(n2C)CC(C)N(C(=O)O)C3)c1Cl. The number of nitrogens with zero attached hydrogens (tertiary/aromatic N) is 5. The van der Waals surface area contributed by atoms with Gasteiger partial charge in [-0.05, 0) is 49.2 Å². The second kappa shape index (κ2) is 11.0. The van der Waals surface area contributed by atoms with Crippen molar-refractivity contribution in [1.82, 2.24) is 19.4 Å². The zero-order valence-corrected chi connectivity index (χ0v) is 24.6. The third-order valence-corrected chi connectivity index (χ3v) is 8.36. The van der Waals surface area contributed by atoms with E-state index in [1.54, 1.807) is 29.8 Å². The predicted octanol–water partition coefficient (Wildman–Crippen LogP) is 6.22. The Morgan fingerprint density at radius 3 is 2.61 bits per heavy atom. The number of carbonyl (C=O) groups excluding carboxylic acids is 2. The standard InChI is InChI=1S/C32H25ClN6O5/c1-16-10-26-25(14-39(16)32(42)43)35-29(38(26)3)30(41)36-23-9-5-8-22(27(23)33)20-6-4-7-21(17(20)2)31-37-24-12-18(15-40)11-19(13-34)28(24)44-31/h4-9,11-12,15-16H,10,14H2,1-3H3,(H,36,41)(H,42,43). The van der Waals surface area contributed by atoms with E-state index in [0.29, 0.717) is 56.9 Å². The van der Waals surface area contributed by atoms with Crippen LogP contribution < -0.4 is 5.32 Å². The summed E-state index contributed by atoms with van der Waals surface area (Å²) in [7, 11) is 1.74. The molecule has 11 nitrogen and oxygen atoms in total. The number of anilines is 1. The van der Waals surface area contributed by atoms with E-state index in [2.05, 4.69) is 21.4 Å². The summed E-state index contributed by atoms with van der Waals surface area (Å²) in [5, 5.41) is 22.2. The Bertz CT molecular complexity index is 2060. The molecule has 1 atom stereocenters. The minimum atomic E-state index is -1.03. The van der Waals surface area contributed by atoms with Gasteiger partial charge in [-0.15, -0.1) is 0 Å². The number of hydrogen-bond donors (Lipinski definition) is 2. The van der Waals surface area contributed by atoms with Crippen LogP contribution >= 0.6 is 11.6 Å². The maximum absolute atomic E-state index is 13.4. The average Bonchev–Trinajstić information content (AvgIpc) is 3.58. The van der Waals surface area contributed by atoms with Gasteiger partial charge in [-0.25, -0.2) is 14.8 Å². The summed E-state index contributed by atoms with van der Waals surface area (Å²) in [6, 6.07) is 15.7. The van der Waals surface area contributed by atoms with Crippen molar-refractivity contribution in [3.05, 3.63) is 87.5 Å². The molecule has 44 heavy (non-hydrogen) atoms. The van der Waals surface area contributed by atoms with Crippen LogP contribution in [-0.4, -0.2) is 48.9 Å². The number of aldehydes is 1. The Labute approximate surface area is 256 Å². The highest BCUT2D eigenvalue weighted by molar-refractivity contribution is 6.36. The Kier molecular flexibility index (Phi) is 7.15. The second-order valence-corrected chi connectivity index (χ2v) is 11.0. The molecule has 6 rings (SSSR count). The van der Waals surface area contributed by atoms with Gasteiger partial charge in [-0.3, -0.25) is 14.5 Å². The van der Waals surface area contributed by atoms with Crippen molar-refractivity contribution in [3.63, 3.8) is 0 Å². The van der Waals surface area contributed by atoms with Gasteiger partial charge in [0.1, 0.15) is 17.9 Å². The molecule has 1 unspecified atom stereocenters. The van der Waals surface area contributed by atoms with Gasteiger partial charge in [-0.2, -0.15) is 5.26 Å². The molecule has 0 bridgehead atoms. The Hall–Kier alpha value is -5.47. The fraction of sp³-hybridized carbons (Fsp3) is 0.188. The number of nitriles is 1. The molecular weight excluding hydrogens is 584 g/mol. The van der Waals surface area contributed by atoms with Crippen molar-refractivity contribution in [2.45, 2.75) is 32.9 Å². The number of rotatable bonds is 5. The topological polar surface area (TPSA) is 154 Å². The minimum absolute atomic E-state index is 0.106. The number of nitrogens with one attached hydrogen (secondary N) is 1. The van der Waals surface area contributed by atoms with Crippen LogP contribution in [0.15, 0.2) is 52.9 Å². The molecule has 0 saturated carbocycles. The van der Waals surface area contributed by atoms with E-state index in [1.807, 2.05) is 38.1 Å². The highest BCUT2D eigenvalue weighted by Gasteiger charge is 2.32. The first-order chi connectivity index (χ1) is 21.1. The third kappa shape index (κ3) is 4.75. The summed E-state index contributed by atoms with van der Waals surface area (Å²) >= 11 is 6.87. The number of carbonyl (C=O) groups is 3. The Morgan fingerprint density at radius 2 is 1.89 bits per heavy atom. The third-order valence-electron chi connectivity index (χ3n) is 7.96. The van der Waals surface area contributed by atoms with Crippen molar-refractivity contribution >= 4 is 46.7 Å². The number of halogens is 1. The van der Waals surface area contributed by atoms with Gasteiger partial charge < -0.3 is 19.4 Å². The zero-order chi connectivity index (χ0) is 31.3. The molecule has 1 aliphatic heterocycles. The fourth-order valence-electron chi connectivity index (χ4n) is 5.63. The predicted molar refractivity (Wildman–Crippen MR) is 163 cm³/mol. The lowest BCUT2D eigenvalue weighted by Crippen LogP contribution is -2.42. The molecule has 5 aromatic rings. The monoisotopic (exact) mass is 608 g/mol. The smallest absolute Gasteiger partial charge is 0.407 e. The first kappa shape index (κ1) is 28.6. The van der Waals surface area contributed by atoms with E-state index in [9.17, 15) is 24.8 Å². The number of fused-ring (bicyclic) bond motifs is 2. The van der Waals surface area contributed by atoms with Crippen molar-refractivity contribution < 1.29 is 23.9 Å². The van der Waals surface area contributed by atoms with E-state index in [-0.39, 0.29) is 29.9 Å². The summed E-state index contributed by atoms with van der Waals surface area (Å²) in [5.74, 6) is -0.0380. The molecule has 2 amide bonds. The number of amides is 2. The van der Waals surface area contributed by atoms with Crippen LogP contribution in [0.3, 0.4) is 0 Å². The van der Waals surface area contributed by atoms with Gasteiger partial charge in [0.2, 0.25) is 5.89 Å². The van der Waals surface area contributed by atoms with Gasteiger partial charge in [0, 0.05) is 41.9 Å². The van der Waals surface area contributed by atoms with Gasteiger partial charge in [0.25, 0.3) is 5.91 Å². The number of imidazole rings is 1. The van der Waals surface area contributed by atoms with Crippen molar-refractivity contribution in [3.8, 4) is 28.7 Å². The molecule has 2 aromatic heterocycles. The Morgan fingerprint density at radius 1 is 1.16 bits per heavy atom. The van der Waals surface area contributed by atoms with E-state index in [0.717, 1.165) is 16.8 Å². The number of hydrogen-bond acceptors (Lipinski definition) is 7. The van der Waals surface area contributed by atoms with Gasteiger partial charge in [-0.1, -0.05) is 35.9 Å². The number of benzene rings is 3. The molecule has 3 heterocycles. The molecule has 2 N–H and O–H groups in total. The van der Waals surface area contributed by atoms with E-state index < -0.39 is 12.0 Å². The van der Waals surface area contributed by atoms with Gasteiger partial charge in [0.05, 0.1) is 28.5 Å². The van der Waals surface area contributed by atoms with E-state index >= 15 is 0 Å². The molecule has 3 aromatic carbocycles. The van der Waals surface area contributed by atoms with Crippen LogP contribution in [0.5, 0.6) is 0 Å². The van der Waals surface area contributed by atoms with Crippen LogP contribution in [0.25, 0.3) is 33.7 Å². The fourth-order valence-corrected chi connectivity index (χ4v) is 5.91. The second-order valence-electron chi connectivity index (χ2n) is 10.6. The molecule has 0 fully saturated rings. The molecule has 1 aliphatic rings. The lowest BCUT2D eigenvalue weighted by molar-refractivity contribution is 0.101. The summed E-state index contributed by atoms with van der Waals surface area (Å²) in [4.78, 5) is 46.7. The molecule has 0 saturated heterocycles. The molecule has 12 heteroatoms. The Balaban J connectivity index is 1.33. The van der Waals surface area contributed by atoms with Crippen molar-refractivity contribution in [2.24, 2.45) is 7.05 Å². The molecule has 0 spiro atoms. The van der Waals surface area contributed by atoms with Crippen molar-refractivity contribution in [1.29, 1.82) is 5.26 Å². The van der Waals surface area contributed by atoms with Crippen LogP contribution in [0.1, 0.15) is 50.4 Å². The normalized spacial score (nSPS) is 14.2. The average molecular weight is 609 g/mol. The van der Waals surface area contributed by atoms with Crippen LogP contribution in [0, 0.1) is 18.3 Å². The number of oxazole rings is 1.